The number of fused-ring (bicyclic) bond motifs is 3. The van der Waals surface area contributed by atoms with Gasteiger partial charge in [-0.2, -0.15) is 13.5 Å². The van der Waals surface area contributed by atoms with Crippen LogP contribution in [0.3, 0.4) is 0 Å². The number of nitrogens with zero attached hydrogens (tertiary/aromatic N) is 3. The molecule has 0 bridgehead atoms. The van der Waals surface area contributed by atoms with Gasteiger partial charge in [0, 0.05) is 17.3 Å². The van der Waals surface area contributed by atoms with E-state index < -0.39 is 0 Å². The molecule has 5 nitrogen and oxygen atoms in total. The van der Waals surface area contributed by atoms with Crippen LogP contribution >= 0.6 is 13.5 Å². The second kappa shape index (κ2) is 14.4. The van der Waals surface area contributed by atoms with Crippen molar-refractivity contribution in [1.82, 2.24) is 4.98 Å². The number of para-hydroxylation sites is 1. The normalized spacial score (nSPS) is 12.8. The maximum Gasteiger partial charge on any atom is 0.172 e. The van der Waals surface area contributed by atoms with Gasteiger partial charge in [0.15, 0.2) is 5.84 Å². The third-order valence-electron chi connectivity index (χ3n) is 7.64. The average Bonchev–Trinajstić information content (AvgIpc) is 3.08. The van der Waals surface area contributed by atoms with E-state index in [2.05, 4.69) is 61.0 Å². The van der Waals surface area contributed by atoms with Crippen LogP contribution in [0.4, 0.5) is 11.5 Å². The van der Waals surface area contributed by atoms with E-state index in [1.165, 1.54) is 5.56 Å². The van der Waals surface area contributed by atoms with Crippen molar-refractivity contribution in [1.29, 1.82) is 5.41 Å². The van der Waals surface area contributed by atoms with Gasteiger partial charge in [-0.3, -0.25) is 5.41 Å². The Bertz CT molecular complexity index is 2080. The quantitative estimate of drug-likeness (QED) is 0.153. The number of aromatic nitrogens is 1. The second-order valence-electron chi connectivity index (χ2n) is 10.7. The molecule has 226 valence electrons. The van der Waals surface area contributed by atoms with Gasteiger partial charge in [-0.1, -0.05) is 133 Å². The molecule has 0 atom stereocenters. The Balaban J connectivity index is 0.000000463. The van der Waals surface area contributed by atoms with Crippen molar-refractivity contribution >= 4 is 59.1 Å². The van der Waals surface area contributed by atoms with Gasteiger partial charge in [0.25, 0.3) is 0 Å². The van der Waals surface area contributed by atoms with Crippen LogP contribution in [0.2, 0.25) is 0 Å². The predicted octanol–water partition coefficient (Wildman–Crippen LogP) is 9.26. The van der Waals surface area contributed by atoms with Crippen LogP contribution < -0.4 is 10.6 Å². The first-order valence-electron chi connectivity index (χ1n) is 14.7. The van der Waals surface area contributed by atoms with Gasteiger partial charge < -0.3 is 10.6 Å². The van der Waals surface area contributed by atoms with Crippen molar-refractivity contribution in [3.63, 3.8) is 0 Å². The number of aliphatic imine (C=N–C) groups is 1. The zero-order valence-electron chi connectivity index (χ0n) is 25.6. The number of nitrogens with two attached hydrogens (primary N) is 1. The fraction of sp³-hybridized carbons (Fsp3) is 0.0250. The highest BCUT2D eigenvalue weighted by Gasteiger charge is 2.19. The van der Waals surface area contributed by atoms with E-state index in [1.807, 2.05) is 108 Å². The Kier molecular flexibility index (Phi) is 9.90. The van der Waals surface area contributed by atoms with E-state index in [9.17, 15) is 0 Å². The smallest absolute Gasteiger partial charge is 0.172 e. The van der Waals surface area contributed by atoms with Gasteiger partial charge in [0.05, 0.1) is 5.69 Å². The van der Waals surface area contributed by atoms with Gasteiger partial charge >= 0.3 is 0 Å². The topological polar surface area (TPSA) is 78.4 Å². The summed E-state index contributed by atoms with van der Waals surface area (Å²) < 4.78 is 0. The number of benzene rings is 5. The van der Waals surface area contributed by atoms with Crippen molar-refractivity contribution in [2.24, 2.45) is 10.7 Å². The number of aryl methyl sites for hydroxylation is 1. The van der Waals surface area contributed by atoms with Crippen LogP contribution in [-0.2, 0) is 0 Å². The lowest BCUT2D eigenvalue weighted by atomic mass is 9.92. The second-order valence-corrected chi connectivity index (χ2v) is 10.7. The first-order chi connectivity index (χ1) is 22.0. The molecule has 0 unspecified atom stereocenters. The Hall–Kier alpha value is -5.72. The molecule has 6 aromatic rings. The zero-order chi connectivity index (χ0) is 31.2. The van der Waals surface area contributed by atoms with Crippen LogP contribution in [0, 0.1) is 12.3 Å². The number of pyridine rings is 1. The standard InChI is InChI=1S/C33H25N5.C7H8.H2S/c1-22-25-13-4-2-11-24(25)20-21-38(30-18-7-6-14-26(22)30)31-19-9-17-29(36-31)33(35)37-32(34)28-16-8-12-23-10-3-5-15-27(23)28;1-7-5-3-2-4-6-7;/h2-21H,1H2,(H3,34,35,37);2-6H,1H3;1H2/b21-20-;;. The minimum absolute atomic E-state index is 0. The maximum atomic E-state index is 8.70. The first kappa shape index (κ1) is 31.7. The number of hydrogen-bond donors (Lipinski definition) is 2. The van der Waals surface area contributed by atoms with Gasteiger partial charge in [0.1, 0.15) is 17.3 Å². The fourth-order valence-corrected chi connectivity index (χ4v) is 5.35. The summed E-state index contributed by atoms with van der Waals surface area (Å²) >= 11 is 0. The molecule has 3 N–H and O–H groups in total. The number of rotatable bonds is 3. The van der Waals surface area contributed by atoms with Crippen molar-refractivity contribution in [2.45, 2.75) is 6.92 Å². The molecule has 0 aliphatic carbocycles. The summed E-state index contributed by atoms with van der Waals surface area (Å²) in [6.07, 6.45) is 4.07. The molecule has 5 aromatic carbocycles. The monoisotopic (exact) mass is 617 g/mol. The molecule has 0 spiro atoms. The highest BCUT2D eigenvalue weighted by atomic mass is 32.1. The predicted molar refractivity (Wildman–Crippen MR) is 199 cm³/mol. The van der Waals surface area contributed by atoms with Crippen LogP contribution in [0.5, 0.6) is 0 Å². The van der Waals surface area contributed by atoms with Crippen molar-refractivity contribution in [2.75, 3.05) is 4.90 Å². The molecule has 0 amide bonds. The molecular formula is C40H35N5S. The lowest BCUT2D eigenvalue weighted by Crippen LogP contribution is -2.18. The lowest BCUT2D eigenvalue weighted by Gasteiger charge is -2.26. The van der Waals surface area contributed by atoms with Gasteiger partial charge in [0.2, 0.25) is 0 Å². The van der Waals surface area contributed by atoms with E-state index in [0.717, 1.165) is 44.3 Å². The molecule has 46 heavy (non-hydrogen) atoms. The van der Waals surface area contributed by atoms with Crippen molar-refractivity contribution in [3.8, 4) is 0 Å². The van der Waals surface area contributed by atoms with Crippen LogP contribution in [0.15, 0.2) is 157 Å². The number of anilines is 2. The highest BCUT2D eigenvalue weighted by molar-refractivity contribution is 7.59. The largest absolute Gasteiger partial charge is 0.383 e. The molecule has 6 heteroatoms. The van der Waals surface area contributed by atoms with E-state index in [-0.39, 0.29) is 25.2 Å². The van der Waals surface area contributed by atoms with Crippen LogP contribution in [-0.4, -0.2) is 16.7 Å². The number of amidine groups is 2. The van der Waals surface area contributed by atoms with E-state index in [4.69, 9.17) is 16.1 Å². The van der Waals surface area contributed by atoms with Crippen molar-refractivity contribution < 1.29 is 0 Å². The minimum atomic E-state index is -0.00338. The highest BCUT2D eigenvalue weighted by Crippen LogP contribution is 2.37. The average molecular weight is 618 g/mol. The molecule has 0 fully saturated rings. The summed E-state index contributed by atoms with van der Waals surface area (Å²) in [6, 6.07) is 46.1. The molecular weight excluding hydrogens is 583 g/mol. The summed E-state index contributed by atoms with van der Waals surface area (Å²) in [5.74, 6) is 0.946. The molecule has 1 aliphatic heterocycles. The molecule has 7 rings (SSSR count). The maximum absolute atomic E-state index is 8.70. The minimum Gasteiger partial charge on any atom is -0.383 e. The summed E-state index contributed by atoms with van der Waals surface area (Å²) in [5, 5.41) is 10.8. The van der Waals surface area contributed by atoms with Gasteiger partial charge in [-0.25, -0.2) is 9.98 Å². The molecule has 0 saturated heterocycles. The Morgan fingerprint density at radius 2 is 1.39 bits per heavy atom. The third-order valence-corrected chi connectivity index (χ3v) is 7.64. The molecule has 0 saturated carbocycles. The molecule has 0 radical (unpaired) electrons. The fourth-order valence-electron chi connectivity index (χ4n) is 5.35. The number of hydrogen-bond acceptors (Lipinski definition) is 3. The van der Waals surface area contributed by atoms with E-state index in [0.29, 0.717) is 11.5 Å². The van der Waals surface area contributed by atoms with Crippen LogP contribution in [0.1, 0.15) is 33.5 Å². The number of nitrogens with one attached hydrogen (secondary N) is 1. The molecule has 2 heterocycles. The zero-order valence-corrected chi connectivity index (χ0v) is 26.6. The lowest BCUT2D eigenvalue weighted by molar-refractivity contribution is 1.15. The van der Waals surface area contributed by atoms with Gasteiger partial charge in [-0.05, 0) is 58.7 Å². The summed E-state index contributed by atoms with van der Waals surface area (Å²) in [6.45, 7) is 6.49. The first-order valence-corrected chi connectivity index (χ1v) is 14.7. The summed E-state index contributed by atoms with van der Waals surface area (Å²) in [7, 11) is 0. The Morgan fingerprint density at radius 3 is 2.17 bits per heavy atom. The van der Waals surface area contributed by atoms with Gasteiger partial charge in [-0.15, -0.1) is 0 Å². The van der Waals surface area contributed by atoms with E-state index in [1.54, 1.807) is 6.07 Å². The summed E-state index contributed by atoms with van der Waals surface area (Å²) in [4.78, 5) is 11.3. The van der Waals surface area contributed by atoms with Crippen LogP contribution in [0.25, 0.3) is 22.4 Å². The SMILES string of the molecule is C=C1c2ccccc2/C=C\N(c2cccc(C(=N)N=C(N)c3cccc4ccccc34)n2)c2ccccc21.Cc1ccccc1.S. The van der Waals surface area contributed by atoms with Crippen molar-refractivity contribution in [3.05, 3.63) is 186 Å². The summed E-state index contributed by atoms with van der Waals surface area (Å²) in [5.41, 5.74) is 14.0. The Morgan fingerprint density at radius 1 is 0.739 bits per heavy atom. The Labute approximate surface area is 277 Å². The molecule has 1 aromatic heterocycles. The molecule has 1 aliphatic rings. The third kappa shape index (κ3) is 6.83. The van der Waals surface area contributed by atoms with E-state index >= 15 is 0 Å².